The van der Waals surface area contributed by atoms with Crippen LogP contribution in [0.25, 0.3) is 22.1 Å². The first-order valence-corrected chi connectivity index (χ1v) is 6.59. The summed E-state index contributed by atoms with van der Waals surface area (Å²) in [5.74, 6) is 0.143. The number of halogens is 1. The van der Waals surface area contributed by atoms with Gasteiger partial charge in [0, 0.05) is 0 Å². The Morgan fingerprint density at radius 1 is 1.00 bits per heavy atom. The monoisotopic (exact) mass is 332 g/mol. The molecule has 2 aromatic carbocycles. The normalized spacial score (nSPS) is 10.8. The molecule has 1 aromatic heterocycles. The van der Waals surface area contributed by atoms with Crippen LogP contribution >= 0.6 is 15.9 Å². The van der Waals surface area contributed by atoms with Gasteiger partial charge in [0.1, 0.15) is 22.2 Å². The molecule has 0 radical (unpaired) electrons. The van der Waals surface area contributed by atoms with E-state index in [0.29, 0.717) is 26.6 Å². The molecule has 0 saturated carbocycles. The molecule has 0 fully saturated rings. The molecule has 3 rings (SSSR count). The minimum atomic E-state index is -0.197. The maximum Gasteiger partial charge on any atom is 0.200 e. The second kappa shape index (κ2) is 4.68. The van der Waals surface area contributed by atoms with E-state index in [1.807, 2.05) is 0 Å². The summed E-state index contributed by atoms with van der Waals surface area (Å²) in [6.07, 6.45) is 1.35. The second-order valence-corrected chi connectivity index (χ2v) is 5.09. The Hall–Kier alpha value is -2.27. The Morgan fingerprint density at radius 2 is 1.70 bits per heavy atom. The van der Waals surface area contributed by atoms with Crippen LogP contribution in [-0.4, -0.2) is 10.2 Å². The molecule has 2 N–H and O–H groups in total. The summed E-state index contributed by atoms with van der Waals surface area (Å²) >= 11 is 3.19. The maximum absolute atomic E-state index is 12.5. The summed E-state index contributed by atoms with van der Waals surface area (Å²) in [7, 11) is 0. The van der Waals surface area contributed by atoms with E-state index in [4.69, 9.17) is 4.42 Å². The molecule has 100 valence electrons. The summed E-state index contributed by atoms with van der Waals surface area (Å²) in [5, 5.41) is 19.2. The Balaban J connectivity index is 2.29. The lowest BCUT2D eigenvalue weighted by Crippen LogP contribution is -2.04. The third-order valence-electron chi connectivity index (χ3n) is 3.04. The minimum absolute atomic E-state index is 0.0121. The van der Waals surface area contributed by atoms with E-state index in [1.54, 1.807) is 12.1 Å². The number of hydrogen-bond donors (Lipinski definition) is 2. The number of rotatable bonds is 1. The average molecular weight is 333 g/mol. The first-order chi connectivity index (χ1) is 9.58. The van der Waals surface area contributed by atoms with Gasteiger partial charge in [-0.25, -0.2) is 0 Å². The van der Waals surface area contributed by atoms with Crippen LogP contribution in [0, 0.1) is 0 Å². The van der Waals surface area contributed by atoms with Crippen LogP contribution in [0.2, 0.25) is 0 Å². The van der Waals surface area contributed by atoms with Crippen LogP contribution in [0.15, 0.2) is 56.3 Å². The molecule has 0 spiro atoms. The van der Waals surface area contributed by atoms with Gasteiger partial charge in [-0.05, 0) is 45.8 Å². The lowest BCUT2D eigenvalue weighted by atomic mass is 10.1. The van der Waals surface area contributed by atoms with Crippen molar-refractivity contribution in [2.75, 3.05) is 0 Å². The van der Waals surface area contributed by atoms with Crippen molar-refractivity contribution in [3.63, 3.8) is 0 Å². The molecule has 5 heteroatoms. The number of hydrogen-bond acceptors (Lipinski definition) is 4. The molecule has 0 atom stereocenters. The first-order valence-electron chi connectivity index (χ1n) is 5.80. The zero-order chi connectivity index (χ0) is 14.3. The van der Waals surface area contributed by atoms with E-state index >= 15 is 0 Å². The Kier molecular flexibility index (Phi) is 2.99. The van der Waals surface area contributed by atoms with Gasteiger partial charge in [0.25, 0.3) is 0 Å². The van der Waals surface area contributed by atoms with Crippen LogP contribution in [0.4, 0.5) is 0 Å². The molecular weight excluding hydrogens is 324 g/mol. The maximum atomic E-state index is 12.5. The molecule has 0 unspecified atom stereocenters. The van der Waals surface area contributed by atoms with Crippen molar-refractivity contribution < 1.29 is 14.6 Å². The highest BCUT2D eigenvalue weighted by Crippen LogP contribution is 2.32. The SMILES string of the molecule is O=c1c(-c2ccc(O)cc2)coc2c(Br)c(O)ccc12. The fraction of sp³-hybridized carbons (Fsp3) is 0. The van der Waals surface area contributed by atoms with Gasteiger partial charge in [0.2, 0.25) is 5.43 Å². The Bertz CT molecular complexity index is 850. The first kappa shape index (κ1) is 12.7. The van der Waals surface area contributed by atoms with Crippen LogP contribution in [-0.2, 0) is 0 Å². The predicted molar refractivity (Wildman–Crippen MR) is 78.9 cm³/mol. The van der Waals surface area contributed by atoms with Crippen LogP contribution in [0.3, 0.4) is 0 Å². The Labute approximate surface area is 122 Å². The number of benzene rings is 2. The molecule has 0 aliphatic rings. The predicted octanol–water partition coefficient (Wildman–Crippen LogP) is 3.63. The zero-order valence-electron chi connectivity index (χ0n) is 10.1. The molecule has 4 nitrogen and oxygen atoms in total. The largest absolute Gasteiger partial charge is 0.508 e. The summed E-state index contributed by atoms with van der Waals surface area (Å²) in [4.78, 5) is 12.5. The van der Waals surface area contributed by atoms with Gasteiger partial charge in [-0.2, -0.15) is 0 Å². The van der Waals surface area contributed by atoms with Gasteiger partial charge in [-0.1, -0.05) is 12.1 Å². The minimum Gasteiger partial charge on any atom is -0.508 e. The van der Waals surface area contributed by atoms with Crippen LogP contribution < -0.4 is 5.43 Å². The fourth-order valence-electron chi connectivity index (χ4n) is 2.00. The number of aromatic hydroxyl groups is 2. The van der Waals surface area contributed by atoms with E-state index in [9.17, 15) is 15.0 Å². The standard InChI is InChI=1S/C15H9BrO4/c16-13-12(18)6-5-10-14(19)11(7-20-15(10)13)8-1-3-9(17)4-2-8/h1-7,17-18H. The average Bonchev–Trinajstić information content (AvgIpc) is 2.45. The summed E-state index contributed by atoms with van der Waals surface area (Å²) in [5.41, 5.74) is 1.16. The quantitative estimate of drug-likeness (QED) is 0.713. The van der Waals surface area contributed by atoms with Gasteiger partial charge >= 0.3 is 0 Å². The van der Waals surface area contributed by atoms with Crippen molar-refractivity contribution in [2.45, 2.75) is 0 Å². The van der Waals surface area contributed by atoms with Crippen molar-refractivity contribution in [2.24, 2.45) is 0 Å². The third-order valence-corrected chi connectivity index (χ3v) is 3.81. The third kappa shape index (κ3) is 1.96. The number of phenols is 2. The summed E-state index contributed by atoms with van der Waals surface area (Å²) in [6.45, 7) is 0. The molecule has 0 amide bonds. The van der Waals surface area contributed by atoms with Crippen molar-refractivity contribution in [1.82, 2.24) is 0 Å². The second-order valence-electron chi connectivity index (χ2n) is 4.30. The van der Waals surface area contributed by atoms with Gasteiger partial charge in [0.15, 0.2) is 5.58 Å². The molecule has 0 aliphatic heterocycles. The zero-order valence-corrected chi connectivity index (χ0v) is 11.7. The van der Waals surface area contributed by atoms with Crippen molar-refractivity contribution >= 4 is 26.9 Å². The topological polar surface area (TPSA) is 70.7 Å². The highest BCUT2D eigenvalue weighted by molar-refractivity contribution is 9.10. The van der Waals surface area contributed by atoms with Crippen molar-refractivity contribution in [1.29, 1.82) is 0 Å². The van der Waals surface area contributed by atoms with Gasteiger partial charge < -0.3 is 14.6 Å². The van der Waals surface area contributed by atoms with E-state index in [-0.39, 0.29) is 16.9 Å². The molecule has 0 saturated heterocycles. The molecular formula is C15H9BrO4. The number of fused-ring (bicyclic) bond motifs is 1. The van der Waals surface area contributed by atoms with Gasteiger partial charge in [-0.15, -0.1) is 0 Å². The van der Waals surface area contributed by atoms with Crippen molar-refractivity contribution in [3.8, 4) is 22.6 Å². The van der Waals surface area contributed by atoms with E-state index in [2.05, 4.69) is 15.9 Å². The van der Waals surface area contributed by atoms with Crippen LogP contribution in [0.1, 0.15) is 0 Å². The summed E-state index contributed by atoms with van der Waals surface area (Å²) in [6, 6.07) is 9.25. The summed E-state index contributed by atoms with van der Waals surface area (Å²) < 4.78 is 5.80. The van der Waals surface area contributed by atoms with Gasteiger partial charge in [-0.3, -0.25) is 4.79 Å². The molecule has 0 aliphatic carbocycles. The lowest BCUT2D eigenvalue weighted by Gasteiger charge is -2.05. The molecule has 1 heterocycles. The lowest BCUT2D eigenvalue weighted by molar-refractivity contribution is 0.470. The highest BCUT2D eigenvalue weighted by Gasteiger charge is 2.13. The Morgan fingerprint density at radius 3 is 2.40 bits per heavy atom. The van der Waals surface area contributed by atoms with E-state index < -0.39 is 0 Å². The smallest absolute Gasteiger partial charge is 0.200 e. The number of phenolic OH excluding ortho intramolecular Hbond substituents is 2. The molecule has 20 heavy (non-hydrogen) atoms. The molecule has 3 aromatic rings. The molecule has 0 bridgehead atoms. The fourth-order valence-corrected chi connectivity index (χ4v) is 2.44. The van der Waals surface area contributed by atoms with E-state index in [0.717, 1.165) is 0 Å². The van der Waals surface area contributed by atoms with Crippen LogP contribution in [0.5, 0.6) is 11.5 Å². The van der Waals surface area contributed by atoms with Gasteiger partial charge in [0.05, 0.1) is 10.9 Å². The van der Waals surface area contributed by atoms with Crippen molar-refractivity contribution in [3.05, 3.63) is 57.4 Å². The van der Waals surface area contributed by atoms with E-state index in [1.165, 1.54) is 30.5 Å². The highest BCUT2D eigenvalue weighted by atomic mass is 79.9.